The Kier molecular flexibility index (Phi) is 2.86. The zero-order chi connectivity index (χ0) is 11.8. The van der Waals surface area contributed by atoms with Crippen molar-refractivity contribution >= 4 is 9.84 Å². The van der Waals surface area contributed by atoms with E-state index in [1.807, 2.05) is 0 Å². The lowest BCUT2D eigenvalue weighted by Gasteiger charge is -2.16. The van der Waals surface area contributed by atoms with E-state index in [2.05, 4.69) is 0 Å². The van der Waals surface area contributed by atoms with Gasteiger partial charge in [-0.25, -0.2) is 12.8 Å². The quantitative estimate of drug-likeness (QED) is 0.815. The number of hydrogen-bond acceptors (Lipinski definition) is 4. The van der Waals surface area contributed by atoms with Gasteiger partial charge in [-0.05, 0) is 12.1 Å². The Bertz CT molecular complexity index is 489. The van der Waals surface area contributed by atoms with Crippen LogP contribution in [0.15, 0.2) is 24.3 Å². The Morgan fingerprint density at radius 3 is 2.56 bits per heavy atom. The van der Waals surface area contributed by atoms with Gasteiger partial charge in [0, 0.05) is 0 Å². The highest BCUT2D eigenvalue weighted by Gasteiger charge is 2.37. The molecule has 0 aromatic heterocycles. The molecule has 1 saturated heterocycles. The minimum absolute atomic E-state index is 0.0417. The fourth-order valence-corrected chi connectivity index (χ4v) is 3.42. The third-order valence-corrected chi connectivity index (χ3v) is 4.19. The van der Waals surface area contributed by atoms with Crippen molar-refractivity contribution in [2.24, 2.45) is 5.73 Å². The first-order valence-corrected chi connectivity index (χ1v) is 6.67. The molecule has 2 N–H and O–H groups in total. The van der Waals surface area contributed by atoms with Crippen LogP contribution < -0.4 is 10.5 Å². The summed E-state index contributed by atoms with van der Waals surface area (Å²) < 4.78 is 41.1. The summed E-state index contributed by atoms with van der Waals surface area (Å²) in [4.78, 5) is 0. The third kappa shape index (κ3) is 2.33. The van der Waals surface area contributed by atoms with Crippen molar-refractivity contribution < 1.29 is 17.5 Å². The summed E-state index contributed by atoms with van der Waals surface area (Å²) in [6, 6.07) is 5.27. The molecule has 2 atom stereocenters. The van der Waals surface area contributed by atoms with Crippen molar-refractivity contribution in [3.8, 4) is 5.75 Å². The zero-order valence-corrected chi connectivity index (χ0v) is 9.28. The van der Waals surface area contributed by atoms with Gasteiger partial charge in [0.2, 0.25) is 0 Å². The molecular weight excluding hydrogens is 233 g/mol. The third-order valence-electron chi connectivity index (χ3n) is 2.46. The molecule has 88 valence electrons. The summed E-state index contributed by atoms with van der Waals surface area (Å²) in [5.41, 5.74) is 5.63. The van der Waals surface area contributed by atoms with E-state index in [1.165, 1.54) is 18.2 Å². The van der Waals surface area contributed by atoms with E-state index >= 15 is 0 Å². The van der Waals surface area contributed by atoms with Crippen LogP contribution in [-0.4, -0.2) is 32.1 Å². The van der Waals surface area contributed by atoms with Crippen molar-refractivity contribution in [1.82, 2.24) is 0 Å². The molecule has 0 bridgehead atoms. The van der Waals surface area contributed by atoms with E-state index in [1.54, 1.807) is 6.07 Å². The Balaban J connectivity index is 2.15. The smallest absolute Gasteiger partial charge is 0.165 e. The van der Waals surface area contributed by atoms with E-state index in [0.717, 1.165) is 0 Å². The highest BCUT2D eigenvalue weighted by atomic mass is 32.2. The zero-order valence-electron chi connectivity index (χ0n) is 8.47. The Hall–Kier alpha value is -1.14. The summed E-state index contributed by atoms with van der Waals surface area (Å²) in [6.07, 6.45) is -0.665. The molecule has 6 heteroatoms. The van der Waals surface area contributed by atoms with Crippen molar-refractivity contribution in [1.29, 1.82) is 0 Å². The maximum Gasteiger partial charge on any atom is 0.165 e. The van der Waals surface area contributed by atoms with Gasteiger partial charge in [-0.1, -0.05) is 12.1 Å². The maximum absolute atomic E-state index is 13.2. The lowest BCUT2D eigenvalue weighted by Crippen LogP contribution is -2.37. The van der Waals surface area contributed by atoms with E-state index in [9.17, 15) is 12.8 Å². The number of halogens is 1. The fourth-order valence-electron chi connectivity index (χ4n) is 1.67. The van der Waals surface area contributed by atoms with E-state index in [-0.39, 0.29) is 17.3 Å². The molecular formula is C10H12FNO3S. The molecule has 2 rings (SSSR count). The standard InChI is InChI=1S/C10H12FNO3S/c11-7-3-1-2-4-9(7)15-10-6-16(13,14)5-8(10)12/h1-4,8,10H,5-6,12H2. The van der Waals surface area contributed by atoms with Crippen molar-refractivity contribution in [3.63, 3.8) is 0 Å². The van der Waals surface area contributed by atoms with Crippen LogP contribution >= 0.6 is 0 Å². The Labute approximate surface area is 93.1 Å². The van der Waals surface area contributed by atoms with Gasteiger partial charge in [-0.2, -0.15) is 0 Å². The van der Waals surface area contributed by atoms with Gasteiger partial charge >= 0.3 is 0 Å². The Morgan fingerprint density at radius 2 is 2.00 bits per heavy atom. The van der Waals surface area contributed by atoms with Gasteiger partial charge in [0.1, 0.15) is 6.10 Å². The summed E-state index contributed by atoms with van der Waals surface area (Å²) in [6.45, 7) is 0. The number of sulfone groups is 1. The molecule has 1 aromatic rings. The average Bonchev–Trinajstić information content (AvgIpc) is 2.44. The first kappa shape index (κ1) is 11.3. The number of rotatable bonds is 2. The SMILES string of the molecule is NC1CS(=O)(=O)CC1Oc1ccccc1F. The van der Waals surface area contributed by atoms with Gasteiger partial charge in [-0.3, -0.25) is 0 Å². The lowest BCUT2D eigenvalue weighted by atomic mass is 10.2. The van der Waals surface area contributed by atoms with Crippen LogP contribution in [0, 0.1) is 5.82 Å². The highest BCUT2D eigenvalue weighted by Crippen LogP contribution is 2.21. The Morgan fingerprint density at radius 1 is 1.31 bits per heavy atom. The second-order valence-electron chi connectivity index (χ2n) is 3.83. The van der Waals surface area contributed by atoms with E-state index < -0.39 is 27.8 Å². The topological polar surface area (TPSA) is 69.4 Å². The molecule has 1 aliphatic heterocycles. The van der Waals surface area contributed by atoms with Gasteiger partial charge in [0.05, 0.1) is 17.5 Å². The van der Waals surface area contributed by atoms with Crippen LogP contribution in [0.3, 0.4) is 0 Å². The van der Waals surface area contributed by atoms with Gasteiger partial charge in [0.15, 0.2) is 21.4 Å². The van der Waals surface area contributed by atoms with Gasteiger partial charge < -0.3 is 10.5 Å². The number of hydrogen-bond donors (Lipinski definition) is 1. The molecule has 0 aliphatic carbocycles. The first-order valence-electron chi connectivity index (χ1n) is 4.85. The molecule has 16 heavy (non-hydrogen) atoms. The minimum Gasteiger partial charge on any atom is -0.485 e. The van der Waals surface area contributed by atoms with Crippen LogP contribution in [0.4, 0.5) is 4.39 Å². The van der Waals surface area contributed by atoms with Gasteiger partial charge in [0.25, 0.3) is 0 Å². The molecule has 1 aromatic carbocycles. The fraction of sp³-hybridized carbons (Fsp3) is 0.400. The number of ether oxygens (including phenoxy) is 1. The largest absolute Gasteiger partial charge is 0.485 e. The second-order valence-corrected chi connectivity index (χ2v) is 5.98. The molecule has 2 unspecified atom stereocenters. The van der Waals surface area contributed by atoms with Crippen molar-refractivity contribution in [2.75, 3.05) is 11.5 Å². The molecule has 4 nitrogen and oxygen atoms in total. The first-order chi connectivity index (χ1) is 7.48. The summed E-state index contributed by atoms with van der Waals surface area (Å²) >= 11 is 0. The summed E-state index contributed by atoms with van der Waals surface area (Å²) in [5.74, 6) is -0.728. The number of benzene rings is 1. The monoisotopic (exact) mass is 245 g/mol. The van der Waals surface area contributed by atoms with Crippen LogP contribution in [0.5, 0.6) is 5.75 Å². The molecule has 1 fully saturated rings. The van der Waals surface area contributed by atoms with Crippen LogP contribution in [0.1, 0.15) is 0 Å². The van der Waals surface area contributed by atoms with Crippen LogP contribution in [0.25, 0.3) is 0 Å². The number of nitrogens with two attached hydrogens (primary N) is 1. The van der Waals surface area contributed by atoms with Crippen LogP contribution in [0.2, 0.25) is 0 Å². The highest BCUT2D eigenvalue weighted by molar-refractivity contribution is 7.91. The average molecular weight is 245 g/mol. The summed E-state index contributed by atoms with van der Waals surface area (Å²) in [5, 5.41) is 0. The summed E-state index contributed by atoms with van der Waals surface area (Å²) in [7, 11) is -3.15. The van der Waals surface area contributed by atoms with Crippen molar-refractivity contribution in [2.45, 2.75) is 12.1 Å². The van der Waals surface area contributed by atoms with E-state index in [0.29, 0.717) is 0 Å². The normalized spacial score (nSPS) is 27.9. The molecule has 0 spiro atoms. The molecule has 0 amide bonds. The second kappa shape index (κ2) is 4.03. The van der Waals surface area contributed by atoms with Crippen molar-refractivity contribution in [3.05, 3.63) is 30.1 Å². The van der Waals surface area contributed by atoms with Crippen LogP contribution in [-0.2, 0) is 9.84 Å². The number of para-hydroxylation sites is 1. The molecule has 1 heterocycles. The molecule has 1 aliphatic rings. The predicted molar refractivity (Wildman–Crippen MR) is 57.4 cm³/mol. The maximum atomic E-state index is 13.2. The molecule has 0 saturated carbocycles. The lowest BCUT2D eigenvalue weighted by molar-refractivity contribution is 0.200. The predicted octanol–water partition coefficient (Wildman–Crippen LogP) is 0.329. The molecule has 0 radical (unpaired) electrons. The minimum atomic E-state index is -3.15. The van der Waals surface area contributed by atoms with Gasteiger partial charge in [-0.15, -0.1) is 0 Å². The van der Waals surface area contributed by atoms with E-state index in [4.69, 9.17) is 10.5 Å².